The van der Waals surface area contributed by atoms with Gasteiger partial charge in [0.25, 0.3) is 5.91 Å². The first-order chi connectivity index (χ1) is 7.65. The number of ether oxygens (including phenoxy) is 1. The first-order valence-corrected chi connectivity index (χ1v) is 6.45. The first kappa shape index (κ1) is 11.9. The van der Waals surface area contributed by atoms with Gasteiger partial charge in [0.2, 0.25) is 0 Å². The third-order valence-corrected chi connectivity index (χ3v) is 3.36. The molecule has 1 amide bonds. The second-order valence-corrected chi connectivity index (χ2v) is 5.25. The van der Waals surface area contributed by atoms with E-state index in [-0.39, 0.29) is 18.1 Å². The molecule has 16 heavy (non-hydrogen) atoms. The molecule has 0 bridgehead atoms. The lowest BCUT2D eigenvalue weighted by molar-refractivity contribution is -0.126. The molecule has 2 unspecified atom stereocenters. The molecule has 1 heterocycles. The summed E-state index contributed by atoms with van der Waals surface area (Å²) in [6.07, 6.45) is 1.70. The lowest BCUT2D eigenvalue weighted by Gasteiger charge is -2.11. The summed E-state index contributed by atoms with van der Waals surface area (Å²) in [6, 6.07) is 7.73. The Bertz CT molecular complexity index is 377. The predicted octanol–water partition coefficient (Wildman–Crippen LogP) is 2.80. The van der Waals surface area contributed by atoms with Gasteiger partial charge in [0.1, 0.15) is 6.10 Å². The van der Waals surface area contributed by atoms with Gasteiger partial charge in [-0.3, -0.25) is 4.79 Å². The number of carbonyl (C=O) groups excluding carboxylic acids is 1. The minimum absolute atomic E-state index is 0.0365. The maximum atomic E-state index is 11.8. The van der Waals surface area contributed by atoms with E-state index in [0.717, 1.165) is 22.1 Å². The largest absolute Gasteiger partial charge is 0.365 e. The molecule has 1 aromatic rings. The number of hydrogen-bond acceptors (Lipinski definition) is 2. The summed E-state index contributed by atoms with van der Waals surface area (Å²) in [6.45, 7) is 2.00. The van der Waals surface area contributed by atoms with Gasteiger partial charge in [0, 0.05) is 9.26 Å². The van der Waals surface area contributed by atoms with Crippen LogP contribution in [0.2, 0.25) is 0 Å². The van der Waals surface area contributed by atoms with Gasteiger partial charge in [-0.25, -0.2) is 0 Å². The topological polar surface area (TPSA) is 38.3 Å². The van der Waals surface area contributed by atoms with Crippen molar-refractivity contribution in [3.05, 3.63) is 27.8 Å². The summed E-state index contributed by atoms with van der Waals surface area (Å²) in [7, 11) is 0. The Labute approximate surface area is 109 Å². The zero-order valence-corrected chi connectivity index (χ0v) is 11.2. The molecule has 1 saturated heterocycles. The van der Waals surface area contributed by atoms with Crippen LogP contribution in [0.25, 0.3) is 0 Å². The van der Waals surface area contributed by atoms with Crippen molar-refractivity contribution in [1.29, 1.82) is 0 Å². The van der Waals surface area contributed by atoms with Gasteiger partial charge in [-0.05, 0) is 66.6 Å². The molecule has 1 aliphatic heterocycles. The molecule has 2 atom stereocenters. The third-order valence-electron chi connectivity index (χ3n) is 2.64. The van der Waals surface area contributed by atoms with Crippen molar-refractivity contribution in [2.75, 3.05) is 5.32 Å². The Balaban J connectivity index is 1.94. The molecule has 1 aliphatic rings. The van der Waals surface area contributed by atoms with Crippen LogP contribution in [0.4, 0.5) is 5.69 Å². The monoisotopic (exact) mass is 331 g/mol. The van der Waals surface area contributed by atoms with E-state index < -0.39 is 0 Å². The summed E-state index contributed by atoms with van der Waals surface area (Å²) in [5.41, 5.74) is 0.827. The first-order valence-electron chi connectivity index (χ1n) is 5.37. The molecule has 1 fully saturated rings. The van der Waals surface area contributed by atoms with Crippen molar-refractivity contribution in [3.8, 4) is 0 Å². The normalized spacial score (nSPS) is 24.4. The highest BCUT2D eigenvalue weighted by Crippen LogP contribution is 2.20. The average Bonchev–Trinajstić information content (AvgIpc) is 2.68. The molecule has 0 aliphatic carbocycles. The highest BCUT2D eigenvalue weighted by atomic mass is 127. The molecule has 2 rings (SSSR count). The molecule has 0 spiro atoms. The van der Waals surface area contributed by atoms with E-state index in [2.05, 4.69) is 27.9 Å². The fourth-order valence-corrected chi connectivity index (χ4v) is 2.11. The molecule has 86 valence electrons. The van der Waals surface area contributed by atoms with Gasteiger partial charge in [-0.2, -0.15) is 0 Å². The van der Waals surface area contributed by atoms with E-state index >= 15 is 0 Å². The van der Waals surface area contributed by atoms with E-state index in [1.807, 2.05) is 31.2 Å². The Kier molecular flexibility index (Phi) is 3.81. The van der Waals surface area contributed by atoms with Crippen molar-refractivity contribution in [3.63, 3.8) is 0 Å². The Morgan fingerprint density at radius 2 is 2.06 bits per heavy atom. The van der Waals surface area contributed by atoms with Gasteiger partial charge in [-0.1, -0.05) is 0 Å². The van der Waals surface area contributed by atoms with Crippen LogP contribution in [0, 0.1) is 3.57 Å². The fraction of sp³-hybridized carbons (Fsp3) is 0.417. The van der Waals surface area contributed by atoms with Crippen LogP contribution in [0.3, 0.4) is 0 Å². The highest BCUT2D eigenvalue weighted by Gasteiger charge is 2.27. The zero-order valence-electron chi connectivity index (χ0n) is 9.07. The number of amides is 1. The van der Waals surface area contributed by atoms with Crippen LogP contribution in [0.5, 0.6) is 0 Å². The van der Waals surface area contributed by atoms with E-state index in [1.165, 1.54) is 0 Å². The second kappa shape index (κ2) is 5.14. The maximum Gasteiger partial charge on any atom is 0.253 e. The SMILES string of the molecule is CC1CCC(C(=O)Nc2ccc(I)cc2)O1. The second-order valence-electron chi connectivity index (χ2n) is 4.01. The van der Waals surface area contributed by atoms with Gasteiger partial charge < -0.3 is 10.1 Å². The van der Waals surface area contributed by atoms with E-state index in [4.69, 9.17) is 4.74 Å². The smallest absolute Gasteiger partial charge is 0.253 e. The standard InChI is InChI=1S/C12H14INO2/c1-8-2-7-11(16-8)12(15)14-10-5-3-9(13)4-6-10/h3-6,8,11H,2,7H2,1H3,(H,14,15). The van der Waals surface area contributed by atoms with Crippen molar-refractivity contribution in [1.82, 2.24) is 0 Å². The Hall–Kier alpha value is -0.620. The highest BCUT2D eigenvalue weighted by molar-refractivity contribution is 14.1. The molecule has 0 saturated carbocycles. The summed E-state index contributed by atoms with van der Waals surface area (Å²) in [5.74, 6) is -0.0365. The van der Waals surface area contributed by atoms with E-state index in [9.17, 15) is 4.79 Å². The fourth-order valence-electron chi connectivity index (χ4n) is 1.75. The van der Waals surface area contributed by atoms with Gasteiger partial charge in [0.05, 0.1) is 6.10 Å². The van der Waals surface area contributed by atoms with Gasteiger partial charge >= 0.3 is 0 Å². The predicted molar refractivity (Wildman–Crippen MR) is 71.4 cm³/mol. The van der Waals surface area contributed by atoms with Gasteiger partial charge in [-0.15, -0.1) is 0 Å². The Morgan fingerprint density at radius 3 is 2.62 bits per heavy atom. The van der Waals surface area contributed by atoms with E-state index in [1.54, 1.807) is 0 Å². The van der Waals surface area contributed by atoms with Crippen LogP contribution in [-0.4, -0.2) is 18.1 Å². The quantitative estimate of drug-likeness (QED) is 0.847. The number of hydrogen-bond donors (Lipinski definition) is 1. The third kappa shape index (κ3) is 2.95. The van der Waals surface area contributed by atoms with Gasteiger partial charge in [0.15, 0.2) is 0 Å². The van der Waals surface area contributed by atoms with Crippen molar-refractivity contribution in [2.24, 2.45) is 0 Å². The van der Waals surface area contributed by atoms with Crippen LogP contribution in [0.1, 0.15) is 19.8 Å². The van der Waals surface area contributed by atoms with E-state index in [0.29, 0.717) is 0 Å². The molecule has 0 aromatic heterocycles. The summed E-state index contributed by atoms with van der Waals surface area (Å²) >= 11 is 2.23. The maximum absolute atomic E-state index is 11.8. The molecule has 1 N–H and O–H groups in total. The molecule has 1 aromatic carbocycles. The van der Waals surface area contributed by atoms with Crippen molar-refractivity contribution < 1.29 is 9.53 Å². The minimum atomic E-state index is -0.283. The molecular weight excluding hydrogens is 317 g/mol. The number of anilines is 1. The summed E-state index contributed by atoms with van der Waals surface area (Å²) < 4.78 is 6.66. The zero-order chi connectivity index (χ0) is 11.5. The van der Waals surface area contributed by atoms with Crippen LogP contribution >= 0.6 is 22.6 Å². The van der Waals surface area contributed by atoms with Crippen LogP contribution in [0.15, 0.2) is 24.3 Å². The number of nitrogens with one attached hydrogen (secondary N) is 1. The molecule has 4 heteroatoms. The molecule has 0 radical (unpaired) electrons. The number of benzene rings is 1. The number of carbonyl (C=O) groups is 1. The summed E-state index contributed by atoms with van der Waals surface area (Å²) in [4.78, 5) is 11.8. The minimum Gasteiger partial charge on any atom is -0.365 e. The molecule has 3 nitrogen and oxygen atoms in total. The summed E-state index contributed by atoms with van der Waals surface area (Å²) in [5, 5.41) is 2.86. The lowest BCUT2D eigenvalue weighted by atomic mass is 10.2. The van der Waals surface area contributed by atoms with Crippen LogP contribution in [-0.2, 0) is 9.53 Å². The Morgan fingerprint density at radius 1 is 1.38 bits per heavy atom. The molecular formula is C12H14INO2. The number of halogens is 1. The van der Waals surface area contributed by atoms with Crippen molar-refractivity contribution in [2.45, 2.75) is 32.0 Å². The average molecular weight is 331 g/mol. The van der Waals surface area contributed by atoms with Crippen LogP contribution < -0.4 is 5.32 Å². The van der Waals surface area contributed by atoms with Crippen molar-refractivity contribution >= 4 is 34.2 Å². The lowest BCUT2D eigenvalue weighted by Crippen LogP contribution is -2.27. The number of rotatable bonds is 2.